The second-order valence-corrected chi connectivity index (χ2v) is 5.70. The van der Waals surface area contributed by atoms with Gasteiger partial charge in [-0.05, 0) is 43.3 Å². The van der Waals surface area contributed by atoms with Crippen LogP contribution in [0.3, 0.4) is 0 Å². The summed E-state index contributed by atoms with van der Waals surface area (Å²) < 4.78 is 9.74. The zero-order valence-electron chi connectivity index (χ0n) is 10.9. The maximum absolute atomic E-state index is 11.5. The smallest absolute Gasteiger partial charge is 0.313 e. The molecule has 0 fully saturated rings. The Kier molecular flexibility index (Phi) is 4.04. The first kappa shape index (κ1) is 13.8. The molecule has 102 valence electrons. The standard InChI is InChI=1S/C14H17NO3S/c1-10(2)11-8-12(15-19-11)18-9-14(13(16)17)6-4-3-5-7-14/h3-4,8H,1,5-7,9H2,2H3,(H,16,17). The fourth-order valence-corrected chi connectivity index (χ4v) is 2.62. The molecular weight excluding hydrogens is 262 g/mol. The molecule has 19 heavy (non-hydrogen) atoms. The zero-order chi connectivity index (χ0) is 13.9. The Morgan fingerprint density at radius 1 is 1.63 bits per heavy atom. The Labute approximate surface area is 116 Å². The van der Waals surface area contributed by atoms with Gasteiger partial charge in [0, 0.05) is 6.07 Å². The van der Waals surface area contributed by atoms with Crippen LogP contribution >= 0.6 is 11.5 Å². The number of rotatable bonds is 5. The number of carboxylic acid groups (broad SMARTS) is 1. The topological polar surface area (TPSA) is 59.4 Å². The highest BCUT2D eigenvalue weighted by atomic mass is 32.1. The van der Waals surface area contributed by atoms with E-state index < -0.39 is 11.4 Å². The molecule has 5 heteroatoms. The third kappa shape index (κ3) is 3.04. The van der Waals surface area contributed by atoms with Gasteiger partial charge in [-0.3, -0.25) is 4.79 Å². The molecule has 0 aromatic carbocycles. The van der Waals surface area contributed by atoms with Crippen LogP contribution in [0.15, 0.2) is 24.8 Å². The number of allylic oxidation sites excluding steroid dienone is 3. The van der Waals surface area contributed by atoms with Gasteiger partial charge in [0.05, 0.1) is 4.88 Å². The summed E-state index contributed by atoms with van der Waals surface area (Å²) in [6.07, 6.45) is 5.84. The summed E-state index contributed by atoms with van der Waals surface area (Å²) >= 11 is 1.32. The van der Waals surface area contributed by atoms with Gasteiger partial charge in [0.1, 0.15) is 12.0 Å². The Morgan fingerprint density at radius 3 is 2.95 bits per heavy atom. The summed E-state index contributed by atoms with van der Waals surface area (Å²) in [5.74, 6) is -0.314. The molecule has 0 bridgehead atoms. The molecule has 1 aromatic heterocycles. The number of aromatic nitrogens is 1. The number of ether oxygens (including phenoxy) is 1. The normalized spacial score (nSPS) is 22.2. The van der Waals surface area contributed by atoms with Crippen LogP contribution in [0.5, 0.6) is 5.88 Å². The van der Waals surface area contributed by atoms with Crippen LogP contribution in [-0.2, 0) is 4.79 Å². The van der Waals surface area contributed by atoms with E-state index >= 15 is 0 Å². The van der Waals surface area contributed by atoms with E-state index in [0.29, 0.717) is 18.7 Å². The predicted molar refractivity (Wildman–Crippen MR) is 75.4 cm³/mol. The molecule has 1 atom stereocenters. The molecule has 0 saturated carbocycles. The molecular formula is C14H17NO3S. The van der Waals surface area contributed by atoms with Crippen LogP contribution in [0.25, 0.3) is 5.57 Å². The summed E-state index contributed by atoms with van der Waals surface area (Å²) in [6, 6.07) is 1.81. The van der Waals surface area contributed by atoms with Crippen molar-refractivity contribution < 1.29 is 14.6 Å². The average molecular weight is 279 g/mol. The molecule has 0 radical (unpaired) electrons. The van der Waals surface area contributed by atoms with Crippen LogP contribution in [-0.4, -0.2) is 22.1 Å². The minimum absolute atomic E-state index is 0.159. The van der Waals surface area contributed by atoms with E-state index in [1.807, 2.05) is 19.1 Å². The van der Waals surface area contributed by atoms with E-state index in [0.717, 1.165) is 16.9 Å². The highest BCUT2D eigenvalue weighted by molar-refractivity contribution is 7.07. The van der Waals surface area contributed by atoms with Crippen molar-refractivity contribution in [1.29, 1.82) is 0 Å². The Hall–Kier alpha value is -1.62. The van der Waals surface area contributed by atoms with Gasteiger partial charge in [-0.15, -0.1) is 0 Å². The Balaban J connectivity index is 2.04. The first-order chi connectivity index (χ1) is 9.03. The van der Waals surface area contributed by atoms with Gasteiger partial charge in [0.2, 0.25) is 5.88 Å². The van der Waals surface area contributed by atoms with E-state index in [4.69, 9.17) is 4.74 Å². The van der Waals surface area contributed by atoms with Gasteiger partial charge in [-0.25, -0.2) is 0 Å². The highest BCUT2D eigenvalue weighted by Gasteiger charge is 2.39. The third-order valence-corrected chi connectivity index (χ3v) is 4.26. The lowest BCUT2D eigenvalue weighted by molar-refractivity contribution is -0.151. The van der Waals surface area contributed by atoms with Crippen molar-refractivity contribution in [3.63, 3.8) is 0 Å². The third-order valence-electron chi connectivity index (χ3n) is 3.32. The van der Waals surface area contributed by atoms with Gasteiger partial charge in [-0.2, -0.15) is 4.37 Å². The molecule has 0 saturated heterocycles. The van der Waals surface area contributed by atoms with Crippen molar-refractivity contribution in [2.45, 2.75) is 26.2 Å². The van der Waals surface area contributed by atoms with E-state index in [1.54, 1.807) is 6.07 Å². The van der Waals surface area contributed by atoms with Crippen LogP contribution in [0.2, 0.25) is 0 Å². The molecule has 2 rings (SSSR count). The van der Waals surface area contributed by atoms with Crippen molar-refractivity contribution >= 4 is 23.1 Å². The molecule has 0 amide bonds. The van der Waals surface area contributed by atoms with Crippen molar-refractivity contribution in [2.24, 2.45) is 5.41 Å². The van der Waals surface area contributed by atoms with Crippen LogP contribution < -0.4 is 4.74 Å². The molecule has 1 unspecified atom stereocenters. The monoisotopic (exact) mass is 279 g/mol. The second-order valence-electron chi connectivity index (χ2n) is 4.90. The lowest BCUT2D eigenvalue weighted by Gasteiger charge is -2.29. The maximum Gasteiger partial charge on any atom is 0.313 e. The highest BCUT2D eigenvalue weighted by Crippen LogP contribution is 2.34. The lowest BCUT2D eigenvalue weighted by atomic mass is 9.78. The lowest BCUT2D eigenvalue weighted by Crippen LogP contribution is -2.37. The largest absolute Gasteiger partial charge is 0.481 e. The number of nitrogens with zero attached hydrogens (tertiary/aromatic N) is 1. The first-order valence-electron chi connectivity index (χ1n) is 6.17. The molecule has 1 heterocycles. The minimum atomic E-state index is -0.818. The van der Waals surface area contributed by atoms with E-state index in [2.05, 4.69) is 11.0 Å². The Bertz CT molecular complexity index is 521. The SMILES string of the molecule is C=C(C)c1cc(OCC2(C(=O)O)CC=CCC2)ns1. The van der Waals surface area contributed by atoms with E-state index in [1.165, 1.54) is 11.5 Å². The van der Waals surface area contributed by atoms with Crippen molar-refractivity contribution in [3.8, 4) is 5.88 Å². The Morgan fingerprint density at radius 2 is 2.42 bits per heavy atom. The molecule has 1 N–H and O–H groups in total. The van der Waals surface area contributed by atoms with Gasteiger partial charge in [-0.1, -0.05) is 18.7 Å². The number of carboxylic acids is 1. The van der Waals surface area contributed by atoms with Gasteiger partial charge in [0.25, 0.3) is 0 Å². The predicted octanol–water partition coefficient (Wildman–Crippen LogP) is 3.37. The quantitative estimate of drug-likeness (QED) is 0.839. The fraction of sp³-hybridized carbons (Fsp3) is 0.429. The second kappa shape index (κ2) is 5.57. The van der Waals surface area contributed by atoms with Crippen molar-refractivity contribution in [2.75, 3.05) is 6.61 Å². The summed E-state index contributed by atoms with van der Waals surface area (Å²) in [5, 5.41) is 9.41. The molecule has 0 spiro atoms. The van der Waals surface area contributed by atoms with Crippen molar-refractivity contribution in [1.82, 2.24) is 4.37 Å². The zero-order valence-corrected chi connectivity index (χ0v) is 11.7. The van der Waals surface area contributed by atoms with E-state index in [9.17, 15) is 9.90 Å². The van der Waals surface area contributed by atoms with Crippen LogP contribution in [0.1, 0.15) is 31.1 Å². The van der Waals surface area contributed by atoms with Crippen molar-refractivity contribution in [3.05, 3.63) is 29.7 Å². The summed E-state index contributed by atoms with van der Waals surface area (Å²) in [6.45, 7) is 5.91. The number of aliphatic carboxylic acids is 1. The number of hydrogen-bond donors (Lipinski definition) is 1. The van der Waals surface area contributed by atoms with Gasteiger partial charge >= 0.3 is 5.97 Å². The summed E-state index contributed by atoms with van der Waals surface area (Å²) in [7, 11) is 0. The number of carbonyl (C=O) groups is 1. The first-order valence-corrected chi connectivity index (χ1v) is 6.95. The fourth-order valence-electron chi connectivity index (χ4n) is 2.02. The van der Waals surface area contributed by atoms with Gasteiger partial charge in [0.15, 0.2) is 0 Å². The summed E-state index contributed by atoms with van der Waals surface area (Å²) in [4.78, 5) is 12.4. The van der Waals surface area contributed by atoms with Crippen LogP contribution in [0.4, 0.5) is 0 Å². The molecule has 1 aliphatic carbocycles. The average Bonchev–Trinajstić information content (AvgIpc) is 2.86. The molecule has 0 aliphatic heterocycles. The molecule has 1 aromatic rings. The van der Waals surface area contributed by atoms with E-state index in [-0.39, 0.29) is 6.61 Å². The molecule has 1 aliphatic rings. The van der Waals surface area contributed by atoms with Gasteiger partial charge < -0.3 is 9.84 Å². The number of hydrogen-bond acceptors (Lipinski definition) is 4. The summed E-state index contributed by atoms with van der Waals surface area (Å²) in [5.41, 5.74) is 0.114. The van der Waals surface area contributed by atoms with Crippen LogP contribution in [0, 0.1) is 5.41 Å². The molecule has 4 nitrogen and oxygen atoms in total. The minimum Gasteiger partial charge on any atom is -0.481 e. The maximum atomic E-state index is 11.5.